The molecule has 7 heteroatoms. The fourth-order valence-electron chi connectivity index (χ4n) is 5.22. The molecule has 3 atom stereocenters. The van der Waals surface area contributed by atoms with E-state index in [1.54, 1.807) is 6.07 Å². The maximum absolute atomic E-state index is 14.2. The summed E-state index contributed by atoms with van der Waals surface area (Å²) in [5.41, 5.74) is 3.94. The Morgan fingerprint density at radius 2 is 1.90 bits per heavy atom. The van der Waals surface area contributed by atoms with Crippen LogP contribution in [0.1, 0.15) is 75.3 Å². The molecule has 0 amide bonds. The Hall–Kier alpha value is -2.06. The van der Waals surface area contributed by atoms with Gasteiger partial charge < -0.3 is 13.9 Å². The first-order chi connectivity index (χ1) is 18.8. The van der Waals surface area contributed by atoms with E-state index in [9.17, 15) is 9.18 Å². The van der Waals surface area contributed by atoms with Crippen molar-refractivity contribution in [3.05, 3.63) is 70.5 Å². The van der Waals surface area contributed by atoms with E-state index in [2.05, 4.69) is 63.9 Å². The molecule has 5 nitrogen and oxygen atoms in total. The average Bonchev–Trinajstić information content (AvgIpc) is 3.33. The van der Waals surface area contributed by atoms with Gasteiger partial charge in [0.2, 0.25) is 0 Å². The highest BCUT2D eigenvalue weighted by Crippen LogP contribution is 2.38. The van der Waals surface area contributed by atoms with Crippen LogP contribution >= 0.6 is 0 Å². The molecule has 1 aliphatic heterocycles. The molecule has 40 heavy (non-hydrogen) atoms. The van der Waals surface area contributed by atoms with Gasteiger partial charge in [0.05, 0.1) is 25.9 Å². The zero-order valence-electron chi connectivity index (χ0n) is 25.9. The van der Waals surface area contributed by atoms with E-state index in [-0.39, 0.29) is 29.0 Å². The summed E-state index contributed by atoms with van der Waals surface area (Å²) in [6, 6.07) is 14.2. The maximum atomic E-state index is 14.2. The molecule has 0 radical (unpaired) electrons. The second-order valence-corrected chi connectivity index (χ2v) is 17.6. The Labute approximate surface area is 242 Å². The number of carbonyl (C=O) groups is 1. The van der Waals surface area contributed by atoms with Crippen molar-refractivity contribution in [2.24, 2.45) is 0 Å². The molecule has 0 bridgehead atoms. The van der Waals surface area contributed by atoms with Gasteiger partial charge in [0, 0.05) is 19.0 Å². The lowest BCUT2D eigenvalue weighted by molar-refractivity contribution is -0.140. The Morgan fingerprint density at radius 3 is 2.58 bits per heavy atom. The SMILES string of the molecule is COC(=O)CCc1ccccc1[C@@H](C)OC[C@@H](CN1CCC[C@H]1Cc1ccc(C)c(F)c1)O[Si](C)(C)C(C)(C)C. The molecule has 2 aromatic rings. The number of likely N-dealkylation sites (tertiary alicyclic amines) is 1. The normalized spacial score (nSPS) is 18.1. The Morgan fingerprint density at radius 1 is 1.18 bits per heavy atom. The molecule has 0 saturated carbocycles. The largest absolute Gasteiger partial charge is 0.469 e. The van der Waals surface area contributed by atoms with Crippen LogP contribution in [-0.2, 0) is 31.5 Å². The van der Waals surface area contributed by atoms with Gasteiger partial charge in [-0.3, -0.25) is 9.69 Å². The summed E-state index contributed by atoms with van der Waals surface area (Å²) in [6.45, 7) is 17.6. The van der Waals surface area contributed by atoms with E-state index in [1.807, 2.05) is 25.1 Å². The topological polar surface area (TPSA) is 48.0 Å². The molecule has 0 spiro atoms. The third-order valence-electron chi connectivity index (χ3n) is 8.76. The first-order valence-electron chi connectivity index (χ1n) is 14.7. The first-order valence-corrected chi connectivity index (χ1v) is 17.6. The molecule has 1 saturated heterocycles. The average molecular weight is 572 g/mol. The molecule has 3 rings (SSSR count). The lowest BCUT2D eigenvalue weighted by Gasteiger charge is -2.41. The number of rotatable bonds is 13. The second kappa shape index (κ2) is 14.2. The lowest BCUT2D eigenvalue weighted by atomic mass is 9.99. The number of nitrogens with zero attached hydrogens (tertiary/aromatic N) is 1. The number of hydrogen-bond donors (Lipinski definition) is 0. The smallest absolute Gasteiger partial charge is 0.305 e. The van der Waals surface area contributed by atoms with Gasteiger partial charge in [-0.05, 0) is 92.5 Å². The zero-order chi connectivity index (χ0) is 29.5. The summed E-state index contributed by atoms with van der Waals surface area (Å²) >= 11 is 0. The van der Waals surface area contributed by atoms with E-state index in [0.29, 0.717) is 31.1 Å². The zero-order valence-corrected chi connectivity index (χ0v) is 26.9. The highest BCUT2D eigenvalue weighted by molar-refractivity contribution is 6.74. The van der Waals surface area contributed by atoms with Crippen LogP contribution in [0.2, 0.25) is 18.1 Å². The second-order valence-electron chi connectivity index (χ2n) is 12.8. The van der Waals surface area contributed by atoms with Crippen molar-refractivity contribution in [1.82, 2.24) is 4.90 Å². The van der Waals surface area contributed by atoms with Crippen molar-refractivity contribution in [2.75, 3.05) is 26.8 Å². The van der Waals surface area contributed by atoms with Gasteiger partial charge in [-0.2, -0.15) is 0 Å². The molecule has 1 heterocycles. The van der Waals surface area contributed by atoms with Crippen LogP contribution < -0.4 is 0 Å². The van der Waals surface area contributed by atoms with E-state index < -0.39 is 8.32 Å². The monoisotopic (exact) mass is 571 g/mol. The van der Waals surface area contributed by atoms with Crippen LogP contribution in [0.3, 0.4) is 0 Å². The minimum Gasteiger partial charge on any atom is -0.469 e. The number of methoxy groups -OCH3 is 1. The maximum Gasteiger partial charge on any atom is 0.305 e. The minimum atomic E-state index is -2.05. The standard InChI is InChI=1S/C33H50FNO4Si/c1-24-15-16-26(21-31(24)34)20-28-13-11-19-35(28)22-29(39-40(7,8)33(3,4)5)23-38-25(2)30-14-10-9-12-27(30)17-18-32(36)37-6/h9-10,12,14-16,21,25,28-29H,11,13,17-20,22-23H2,1-8H3/t25-,28+,29-/m1/s1. The number of ether oxygens (including phenoxy) is 2. The number of aryl methyl sites for hydroxylation is 2. The Bertz CT molecular complexity index is 1120. The fraction of sp³-hybridized carbons (Fsp3) is 0.606. The summed E-state index contributed by atoms with van der Waals surface area (Å²) < 4.78 is 32.6. The third kappa shape index (κ3) is 8.97. The molecular weight excluding hydrogens is 521 g/mol. The molecule has 0 aromatic heterocycles. The van der Waals surface area contributed by atoms with Crippen LogP contribution in [0.5, 0.6) is 0 Å². The number of benzene rings is 2. The number of esters is 1. The van der Waals surface area contributed by atoms with Crippen LogP contribution in [0, 0.1) is 12.7 Å². The summed E-state index contributed by atoms with van der Waals surface area (Å²) in [4.78, 5) is 14.3. The first kappa shape index (κ1) is 32.5. The Balaban J connectivity index is 1.73. The van der Waals surface area contributed by atoms with Crippen molar-refractivity contribution in [3.8, 4) is 0 Å². The third-order valence-corrected chi connectivity index (χ3v) is 13.3. The molecule has 1 aliphatic rings. The summed E-state index contributed by atoms with van der Waals surface area (Å²) in [6.07, 6.45) is 3.84. The van der Waals surface area contributed by atoms with Gasteiger partial charge in [0.1, 0.15) is 5.82 Å². The van der Waals surface area contributed by atoms with Gasteiger partial charge >= 0.3 is 5.97 Å². The molecule has 1 fully saturated rings. The molecular formula is C33H50FNO4Si. The highest BCUT2D eigenvalue weighted by atomic mass is 28.4. The highest BCUT2D eigenvalue weighted by Gasteiger charge is 2.40. The van der Waals surface area contributed by atoms with E-state index in [1.165, 1.54) is 7.11 Å². The van der Waals surface area contributed by atoms with E-state index in [0.717, 1.165) is 49.0 Å². The summed E-state index contributed by atoms with van der Waals surface area (Å²) in [5.74, 6) is -0.338. The summed E-state index contributed by atoms with van der Waals surface area (Å²) in [7, 11) is -0.626. The Kier molecular flexibility index (Phi) is 11.5. The number of halogens is 1. The molecule has 2 aromatic carbocycles. The fourth-order valence-corrected chi connectivity index (χ4v) is 6.55. The predicted octanol–water partition coefficient (Wildman–Crippen LogP) is 7.41. The van der Waals surface area contributed by atoms with Crippen LogP contribution in [0.4, 0.5) is 4.39 Å². The van der Waals surface area contributed by atoms with Gasteiger partial charge in [0.25, 0.3) is 0 Å². The van der Waals surface area contributed by atoms with Gasteiger partial charge in [-0.1, -0.05) is 57.2 Å². The van der Waals surface area contributed by atoms with Gasteiger partial charge in [-0.25, -0.2) is 4.39 Å². The predicted molar refractivity (Wildman–Crippen MR) is 163 cm³/mol. The van der Waals surface area contributed by atoms with E-state index >= 15 is 0 Å². The molecule has 0 N–H and O–H groups in total. The van der Waals surface area contributed by atoms with Crippen molar-refractivity contribution in [2.45, 2.75) is 103 Å². The van der Waals surface area contributed by atoms with Crippen molar-refractivity contribution < 1.29 is 23.1 Å². The summed E-state index contributed by atoms with van der Waals surface area (Å²) in [5, 5.41) is 0.0845. The van der Waals surface area contributed by atoms with Crippen LogP contribution in [0.15, 0.2) is 42.5 Å². The van der Waals surface area contributed by atoms with Gasteiger partial charge in [0.15, 0.2) is 8.32 Å². The number of carbonyl (C=O) groups excluding carboxylic acids is 1. The minimum absolute atomic E-state index is 0.0686. The number of hydrogen-bond acceptors (Lipinski definition) is 5. The molecule has 0 unspecified atom stereocenters. The molecule has 0 aliphatic carbocycles. The van der Waals surface area contributed by atoms with Crippen molar-refractivity contribution in [1.29, 1.82) is 0 Å². The van der Waals surface area contributed by atoms with Crippen LogP contribution in [0.25, 0.3) is 0 Å². The van der Waals surface area contributed by atoms with Gasteiger partial charge in [-0.15, -0.1) is 0 Å². The molecule has 222 valence electrons. The van der Waals surface area contributed by atoms with E-state index in [4.69, 9.17) is 13.9 Å². The lowest BCUT2D eigenvalue weighted by Crippen LogP contribution is -2.49. The van der Waals surface area contributed by atoms with Crippen molar-refractivity contribution >= 4 is 14.3 Å². The van der Waals surface area contributed by atoms with Crippen molar-refractivity contribution in [3.63, 3.8) is 0 Å². The van der Waals surface area contributed by atoms with Crippen LogP contribution in [-0.4, -0.2) is 58.1 Å². The quantitative estimate of drug-likeness (QED) is 0.185.